The Morgan fingerprint density at radius 1 is 1.20 bits per heavy atom. The lowest BCUT2D eigenvalue weighted by atomic mass is 10.0. The number of halogens is 1. The highest BCUT2D eigenvalue weighted by Crippen LogP contribution is 2.41. The zero-order valence-electron chi connectivity index (χ0n) is 14.5. The summed E-state index contributed by atoms with van der Waals surface area (Å²) in [7, 11) is 1.89. The molecule has 1 amide bonds. The molecule has 1 aromatic heterocycles. The molecule has 3 nitrogen and oxygen atoms in total. The van der Waals surface area contributed by atoms with Crippen LogP contribution in [0.1, 0.15) is 45.9 Å². The maximum atomic E-state index is 12.6. The number of nitrogens with zero attached hydrogens (tertiary/aromatic N) is 1. The lowest BCUT2D eigenvalue weighted by Gasteiger charge is -2.10. The number of fused-ring (bicyclic) bond motifs is 1. The monoisotopic (exact) mass is 352 g/mol. The van der Waals surface area contributed by atoms with Crippen LogP contribution in [0.4, 0.5) is 0 Å². The Labute approximate surface area is 152 Å². The van der Waals surface area contributed by atoms with E-state index in [0.717, 1.165) is 22.4 Å². The van der Waals surface area contributed by atoms with Gasteiger partial charge in [-0.15, -0.1) is 0 Å². The summed E-state index contributed by atoms with van der Waals surface area (Å²) in [6, 6.07) is 14.1. The van der Waals surface area contributed by atoms with Gasteiger partial charge in [-0.2, -0.15) is 0 Å². The molecule has 1 saturated carbocycles. The average molecular weight is 353 g/mol. The maximum Gasteiger partial charge on any atom is 0.268 e. The molecule has 0 saturated heterocycles. The molecular weight excluding hydrogens is 332 g/mol. The smallest absolute Gasteiger partial charge is 0.268 e. The molecule has 1 heterocycles. The summed E-state index contributed by atoms with van der Waals surface area (Å²) >= 11 is 6.06. The van der Waals surface area contributed by atoms with Gasteiger partial charge in [0.15, 0.2) is 0 Å². The molecule has 2 aromatic carbocycles. The van der Waals surface area contributed by atoms with E-state index in [0.29, 0.717) is 17.3 Å². The van der Waals surface area contributed by atoms with Crippen molar-refractivity contribution >= 4 is 28.4 Å². The van der Waals surface area contributed by atoms with Gasteiger partial charge in [-0.25, -0.2) is 0 Å². The number of hydrogen-bond donors (Lipinski definition) is 1. The summed E-state index contributed by atoms with van der Waals surface area (Å²) in [6.45, 7) is 2.69. The normalized spacial score (nSPS) is 14.0. The van der Waals surface area contributed by atoms with Gasteiger partial charge in [0.2, 0.25) is 0 Å². The van der Waals surface area contributed by atoms with Gasteiger partial charge in [0, 0.05) is 29.5 Å². The molecule has 0 aliphatic heterocycles. The second-order valence-electron chi connectivity index (χ2n) is 6.94. The quantitative estimate of drug-likeness (QED) is 0.708. The molecular formula is C21H21ClN2O. The van der Waals surface area contributed by atoms with Crippen molar-refractivity contribution in [3.05, 3.63) is 69.9 Å². The molecule has 0 spiro atoms. The van der Waals surface area contributed by atoms with Crippen LogP contribution in [0, 0.1) is 6.92 Å². The maximum absolute atomic E-state index is 12.6. The van der Waals surface area contributed by atoms with Gasteiger partial charge < -0.3 is 9.88 Å². The second kappa shape index (κ2) is 6.23. The van der Waals surface area contributed by atoms with E-state index in [2.05, 4.69) is 30.4 Å². The molecule has 1 fully saturated rings. The van der Waals surface area contributed by atoms with Crippen molar-refractivity contribution in [3.63, 3.8) is 0 Å². The highest BCUT2D eigenvalue weighted by Gasteiger charge is 2.24. The summed E-state index contributed by atoms with van der Waals surface area (Å²) in [6.07, 6.45) is 2.62. The van der Waals surface area contributed by atoms with Crippen molar-refractivity contribution in [3.8, 4) is 0 Å². The van der Waals surface area contributed by atoms with E-state index in [1.807, 2.05) is 35.9 Å². The van der Waals surface area contributed by atoms with Gasteiger partial charge in [-0.1, -0.05) is 35.9 Å². The third-order valence-electron chi connectivity index (χ3n) is 5.04. The van der Waals surface area contributed by atoms with Crippen LogP contribution in [0.5, 0.6) is 0 Å². The number of rotatable bonds is 4. The number of aryl methyl sites for hydroxylation is 2. The van der Waals surface area contributed by atoms with Gasteiger partial charge in [-0.05, 0) is 60.6 Å². The van der Waals surface area contributed by atoms with Gasteiger partial charge in [-0.3, -0.25) is 4.79 Å². The summed E-state index contributed by atoms with van der Waals surface area (Å²) in [5.74, 6) is 0.685. The molecule has 1 aliphatic rings. The molecule has 0 radical (unpaired) electrons. The van der Waals surface area contributed by atoms with E-state index in [4.69, 9.17) is 11.6 Å². The second-order valence-corrected chi connectivity index (χ2v) is 7.38. The molecule has 4 heteroatoms. The summed E-state index contributed by atoms with van der Waals surface area (Å²) in [5, 5.41) is 4.72. The molecule has 1 N–H and O–H groups in total. The first kappa shape index (κ1) is 16.2. The fourth-order valence-corrected chi connectivity index (χ4v) is 3.66. The Balaban J connectivity index is 1.50. The van der Waals surface area contributed by atoms with Crippen molar-refractivity contribution in [1.29, 1.82) is 0 Å². The van der Waals surface area contributed by atoms with Gasteiger partial charge in [0.1, 0.15) is 5.69 Å². The SMILES string of the molecule is Cc1cc(CNC(=O)c2cc3ccc(Cl)cc3n2C)ccc1C1CC1. The van der Waals surface area contributed by atoms with Crippen LogP contribution < -0.4 is 5.32 Å². The van der Waals surface area contributed by atoms with Crippen LogP contribution in [-0.4, -0.2) is 10.5 Å². The summed E-state index contributed by atoms with van der Waals surface area (Å²) in [5.41, 5.74) is 5.53. The van der Waals surface area contributed by atoms with Crippen LogP contribution in [0.2, 0.25) is 5.02 Å². The molecule has 4 rings (SSSR count). The molecule has 128 valence electrons. The Hall–Kier alpha value is -2.26. The number of aromatic nitrogens is 1. The molecule has 0 unspecified atom stereocenters. The number of carbonyl (C=O) groups is 1. The van der Waals surface area contributed by atoms with E-state index < -0.39 is 0 Å². The lowest BCUT2D eigenvalue weighted by Crippen LogP contribution is -2.24. The highest BCUT2D eigenvalue weighted by molar-refractivity contribution is 6.31. The van der Waals surface area contributed by atoms with Crippen molar-refractivity contribution in [2.75, 3.05) is 0 Å². The van der Waals surface area contributed by atoms with Crippen LogP contribution in [-0.2, 0) is 13.6 Å². The van der Waals surface area contributed by atoms with Gasteiger partial charge >= 0.3 is 0 Å². The number of benzene rings is 2. The van der Waals surface area contributed by atoms with Crippen LogP contribution >= 0.6 is 11.6 Å². The Bertz CT molecular complexity index is 969. The molecule has 0 bridgehead atoms. The number of amides is 1. The summed E-state index contributed by atoms with van der Waals surface area (Å²) in [4.78, 5) is 12.6. The summed E-state index contributed by atoms with van der Waals surface area (Å²) < 4.78 is 1.89. The Morgan fingerprint density at radius 2 is 2.00 bits per heavy atom. The predicted octanol–water partition coefficient (Wildman–Crippen LogP) is 4.95. The Kier molecular flexibility index (Phi) is 4.04. The van der Waals surface area contributed by atoms with Gasteiger partial charge in [0.25, 0.3) is 5.91 Å². The topological polar surface area (TPSA) is 34.0 Å². The van der Waals surface area contributed by atoms with Crippen molar-refractivity contribution < 1.29 is 4.79 Å². The first-order valence-corrected chi connectivity index (χ1v) is 9.03. The van der Waals surface area contributed by atoms with E-state index in [-0.39, 0.29) is 5.91 Å². The van der Waals surface area contributed by atoms with Crippen molar-refractivity contribution in [2.45, 2.75) is 32.2 Å². The molecule has 3 aromatic rings. The molecule has 1 aliphatic carbocycles. The fourth-order valence-electron chi connectivity index (χ4n) is 3.49. The minimum atomic E-state index is -0.0706. The zero-order chi connectivity index (χ0) is 17.6. The van der Waals surface area contributed by atoms with Crippen LogP contribution in [0.25, 0.3) is 10.9 Å². The molecule has 25 heavy (non-hydrogen) atoms. The largest absolute Gasteiger partial charge is 0.347 e. The van der Waals surface area contributed by atoms with Crippen LogP contribution in [0.15, 0.2) is 42.5 Å². The van der Waals surface area contributed by atoms with Crippen molar-refractivity contribution in [2.24, 2.45) is 7.05 Å². The highest BCUT2D eigenvalue weighted by atomic mass is 35.5. The fraction of sp³-hybridized carbons (Fsp3) is 0.286. The van der Waals surface area contributed by atoms with E-state index in [9.17, 15) is 4.79 Å². The standard InChI is InChI=1S/C21H21ClN2O/c1-13-9-14(3-8-18(13)15-4-5-15)12-23-21(25)20-10-16-6-7-17(22)11-19(16)24(20)2/h3,6-11,15H,4-5,12H2,1-2H3,(H,23,25). The number of nitrogens with one attached hydrogen (secondary N) is 1. The number of hydrogen-bond acceptors (Lipinski definition) is 1. The Morgan fingerprint density at radius 3 is 2.72 bits per heavy atom. The first-order chi connectivity index (χ1) is 12.0. The minimum Gasteiger partial charge on any atom is -0.347 e. The third-order valence-corrected chi connectivity index (χ3v) is 5.28. The zero-order valence-corrected chi connectivity index (χ0v) is 15.2. The van der Waals surface area contributed by atoms with Crippen molar-refractivity contribution in [1.82, 2.24) is 9.88 Å². The van der Waals surface area contributed by atoms with Crippen LogP contribution in [0.3, 0.4) is 0 Å². The number of carbonyl (C=O) groups excluding carboxylic acids is 1. The first-order valence-electron chi connectivity index (χ1n) is 8.65. The predicted molar refractivity (Wildman–Crippen MR) is 102 cm³/mol. The van der Waals surface area contributed by atoms with E-state index in [1.165, 1.54) is 24.0 Å². The third kappa shape index (κ3) is 3.16. The minimum absolute atomic E-state index is 0.0706. The molecule has 0 atom stereocenters. The lowest BCUT2D eigenvalue weighted by molar-refractivity contribution is 0.0943. The van der Waals surface area contributed by atoms with Gasteiger partial charge in [0.05, 0.1) is 0 Å². The van der Waals surface area contributed by atoms with E-state index in [1.54, 1.807) is 0 Å². The average Bonchev–Trinajstić information content (AvgIpc) is 3.38. The van der Waals surface area contributed by atoms with E-state index >= 15 is 0 Å².